The van der Waals surface area contributed by atoms with Crippen molar-refractivity contribution in [3.8, 4) is 11.6 Å². The molecule has 0 radical (unpaired) electrons. The fourth-order valence-electron chi connectivity index (χ4n) is 2.83. The third-order valence-electron chi connectivity index (χ3n) is 4.34. The number of H-pyrrole nitrogens is 1. The topological polar surface area (TPSA) is 133 Å². The second-order valence-electron chi connectivity index (χ2n) is 6.35. The number of sulfonamides is 1. The molecule has 31 heavy (non-hydrogen) atoms. The zero-order valence-electron chi connectivity index (χ0n) is 16.1. The van der Waals surface area contributed by atoms with Crippen LogP contribution in [0.25, 0.3) is 10.9 Å². The quantitative estimate of drug-likeness (QED) is 0.363. The largest absolute Gasteiger partial charge is 0.497 e. The molecular formula is C20H16N4O5S2. The molecule has 0 unspecified atom stereocenters. The van der Waals surface area contributed by atoms with E-state index in [4.69, 9.17) is 4.74 Å². The molecule has 0 fully saturated rings. The highest BCUT2D eigenvalue weighted by atomic mass is 32.2. The van der Waals surface area contributed by atoms with Crippen molar-refractivity contribution in [2.45, 2.75) is 4.21 Å². The molecule has 158 valence electrons. The molecule has 9 nitrogen and oxygen atoms in total. The molecule has 1 amide bonds. The summed E-state index contributed by atoms with van der Waals surface area (Å²) in [5, 5.41) is 19.9. The number of nitrogens with zero attached hydrogens (tertiary/aromatic N) is 2. The number of rotatable bonds is 6. The number of amides is 1. The van der Waals surface area contributed by atoms with Crippen LogP contribution in [0.1, 0.15) is 10.4 Å². The summed E-state index contributed by atoms with van der Waals surface area (Å²) >= 11 is 1.10. The standard InChI is InChI=1S/C20H16N4O5S2/c1-29-14-8-9-16-15(11-14)18(20(26)21-16)22-23-19(25)12-4-6-13(7-5-12)24-31(27,28)17-3-2-10-30-17/h2-11,21,24,26H,1H3. The minimum atomic E-state index is -3.67. The van der Waals surface area contributed by atoms with Gasteiger partial charge in [-0.05, 0) is 53.9 Å². The van der Waals surface area contributed by atoms with E-state index in [2.05, 4.69) is 19.9 Å². The van der Waals surface area contributed by atoms with E-state index in [-0.39, 0.29) is 21.3 Å². The lowest BCUT2D eigenvalue weighted by molar-refractivity contribution is 0.0995. The predicted molar refractivity (Wildman–Crippen MR) is 117 cm³/mol. The lowest BCUT2D eigenvalue weighted by atomic mass is 10.2. The van der Waals surface area contributed by atoms with Crippen LogP contribution in [0.5, 0.6) is 11.6 Å². The summed E-state index contributed by atoms with van der Waals surface area (Å²) in [7, 11) is -2.16. The molecule has 0 atom stereocenters. The van der Waals surface area contributed by atoms with Crippen LogP contribution in [-0.4, -0.2) is 31.5 Å². The fourth-order valence-corrected chi connectivity index (χ4v) is 4.88. The molecule has 2 heterocycles. The van der Waals surface area contributed by atoms with Crippen molar-refractivity contribution >= 4 is 49.5 Å². The Bertz CT molecular complexity index is 1380. The summed E-state index contributed by atoms with van der Waals surface area (Å²) in [6.07, 6.45) is 0. The smallest absolute Gasteiger partial charge is 0.295 e. The Balaban J connectivity index is 1.52. The van der Waals surface area contributed by atoms with E-state index >= 15 is 0 Å². The molecule has 2 aromatic heterocycles. The summed E-state index contributed by atoms with van der Waals surface area (Å²) in [6, 6.07) is 14.0. The number of anilines is 1. The van der Waals surface area contributed by atoms with Crippen LogP contribution in [0.15, 0.2) is 74.4 Å². The minimum absolute atomic E-state index is 0.113. The molecule has 11 heteroatoms. The molecule has 2 aromatic carbocycles. The maximum absolute atomic E-state index is 12.4. The van der Waals surface area contributed by atoms with Crippen LogP contribution < -0.4 is 9.46 Å². The van der Waals surface area contributed by atoms with Crippen molar-refractivity contribution in [3.63, 3.8) is 0 Å². The first-order valence-corrected chi connectivity index (χ1v) is 11.2. The number of fused-ring (bicyclic) bond motifs is 1. The Kier molecular flexibility index (Phi) is 5.44. The number of benzene rings is 2. The molecule has 0 saturated heterocycles. The molecule has 0 aliphatic carbocycles. The molecule has 0 bridgehead atoms. The first-order valence-electron chi connectivity index (χ1n) is 8.88. The van der Waals surface area contributed by atoms with Gasteiger partial charge >= 0.3 is 0 Å². The Hall–Kier alpha value is -3.70. The summed E-state index contributed by atoms with van der Waals surface area (Å²) < 4.78 is 32.3. The van der Waals surface area contributed by atoms with E-state index in [1.165, 1.54) is 37.4 Å². The number of hydrogen-bond donors (Lipinski definition) is 3. The Labute approximate surface area is 181 Å². The van der Waals surface area contributed by atoms with Crippen molar-refractivity contribution in [3.05, 3.63) is 65.5 Å². The Morgan fingerprint density at radius 2 is 1.94 bits per heavy atom. The minimum Gasteiger partial charge on any atom is -0.497 e. The van der Waals surface area contributed by atoms with Gasteiger partial charge in [-0.15, -0.1) is 21.6 Å². The SMILES string of the molecule is COc1ccc2[nH]c(O)c(N=NC(=O)c3ccc(NS(=O)(=O)c4cccs4)cc3)c2c1. The van der Waals surface area contributed by atoms with Crippen LogP contribution in [0.3, 0.4) is 0 Å². The van der Waals surface area contributed by atoms with Gasteiger partial charge in [-0.25, -0.2) is 8.42 Å². The molecular weight excluding hydrogens is 440 g/mol. The van der Waals surface area contributed by atoms with Crippen LogP contribution in [0.2, 0.25) is 0 Å². The van der Waals surface area contributed by atoms with E-state index < -0.39 is 15.9 Å². The maximum Gasteiger partial charge on any atom is 0.295 e. The Morgan fingerprint density at radius 3 is 2.61 bits per heavy atom. The molecule has 3 N–H and O–H groups in total. The second-order valence-corrected chi connectivity index (χ2v) is 9.21. The van der Waals surface area contributed by atoms with E-state index in [9.17, 15) is 18.3 Å². The third-order valence-corrected chi connectivity index (χ3v) is 7.12. The average Bonchev–Trinajstić information content (AvgIpc) is 3.40. The van der Waals surface area contributed by atoms with Gasteiger partial charge in [0.15, 0.2) is 5.69 Å². The molecule has 0 spiro atoms. The maximum atomic E-state index is 12.4. The van der Waals surface area contributed by atoms with Crippen LogP contribution in [0, 0.1) is 0 Å². The van der Waals surface area contributed by atoms with E-state index in [0.717, 1.165) is 11.3 Å². The van der Waals surface area contributed by atoms with E-state index in [1.807, 2.05) is 0 Å². The van der Waals surface area contributed by atoms with Crippen molar-refractivity contribution in [1.29, 1.82) is 0 Å². The number of nitrogens with one attached hydrogen (secondary N) is 2. The number of methoxy groups -OCH3 is 1. The number of aromatic amines is 1. The number of hydrogen-bond acceptors (Lipinski definition) is 7. The zero-order chi connectivity index (χ0) is 22.0. The second kappa shape index (κ2) is 8.20. The summed E-state index contributed by atoms with van der Waals surface area (Å²) in [5.74, 6) is -0.308. The summed E-state index contributed by atoms with van der Waals surface area (Å²) in [6.45, 7) is 0. The van der Waals surface area contributed by atoms with Crippen LogP contribution in [-0.2, 0) is 10.0 Å². The van der Waals surface area contributed by atoms with Crippen LogP contribution >= 0.6 is 11.3 Å². The first kappa shape index (κ1) is 20.6. The highest BCUT2D eigenvalue weighted by Gasteiger charge is 2.16. The van der Waals surface area contributed by atoms with Gasteiger partial charge in [0.2, 0.25) is 5.88 Å². The highest BCUT2D eigenvalue weighted by molar-refractivity contribution is 7.94. The van der Waals surface area contributed by atoms with E-state index in [1.54, 1.807) is 29.6 Å². The number of azo groups is 1. The van der Waals surface area contributed by atoms with Gasteiger partial charge in [-0.3, -0.25) is 9.52 Å². The monoisotopic (exact) mass is 456 g/mol. The van der Waals surface area contributed by atoms with Gasteiger partial charge in [0.1, 0.15) is 9.96 Å². The molecule has 4 rings (SSSR count). The van der Waals surface area contributed by atoms with Crippen molar-refractivity contribution < 1.29 is 23.1 Å². The lowest BCUT2D eigenvalue weighted by Gasteiger charge is -2.06. The molecule has 0 saturated carbocycles. The van der Waals surface area contributed by atoms with Gasteiger partial charge in [-0.1, -0.05) is 6.07 Å². The third kappa shape index (κ3) is 4.27. The normalized spacial score (nSPS) is 11.8. The number of ether oxygens (including phenoxy) is 1. The number of carbonyl (C=O) groups is 1. The van der Waals surface area contributed by atoms with Crippen molar-refractivity contribution in [1.82, 2.24) is 4.98 Å². The zero-order valence-corrected chi connectivity index (χ0v) is 17.7. The highest BCUT2D eigenvalue weighted by Crippen LogP contribution is 2.37. The van der Waals surface area contributed by atoms with E-state index in [0.29, 0.717) is 22.3 Å². The van der Waals surface area contributed by atoms with Crippen LogP contribution in [0.4, 0.5) is 11.4 Å². The van der Waals surface area contributed by atoms with Gasteiger partial charge in [0, 0.05) is 16.6 Å². The number of thiophene rings is 1. The molecule has 4 aromatic rings. The number of aromatic hydroxyl groups is 1. The van der Waals surface area contributed by atoms with Gasteiger partial charge in [0.05, 0.1) is 12.6 Å². The van der Waals surface area contributed by atoms with Gasteiger partial charge in [0.25, 0.3) is 15.9 Å². The summed E-state index contributed by atoms with van der Waals surface area (Å²) in [5.41, 5.74) is 1.24. The first-order chi connectivity index (χ1) is 14.9. The summed E-state index contributed by atoms with van der Waals surface area (Å²) in [4.78, 5) is 15.1. The van der Waals surface area contributed by atoms with Gasteiger partial charge in [-0.2, -0.15) is 0 Å². The molecule has 0 aliphatic heterocycles. The number of aromatic nitrogens is 1. The molecule has 0 aliphatic rings. The van der Waals surface area contributed by atoms with Gasteiger partial charge < -0.3 is 14.8 Å². The number of carbonyl (C=O) groups excluding carboxylic acids is 1. The van der Waals surface area contributed by atoms with Crippen molar-refractivity contribution in [2.24, 2.45) is 10.2 Å². The average molecular weight is 457 g/mol. The Morgan fingerprint density at radius 1 is 1.16 bits per heavy atom. The lowest BCUT2D eigenvalue weighted by Crippen LogP contribution is -2.11. The fraction of sp³-hybridized carbons (Fsp3) is 0.0500. The van der Waals surface area contributed by atoms with Crippen molar-refractivity contribution in [2.75, 3.05) is 11.8 Å². The predicted octanol–water partition coefficient (Wildman–Crippen LogP) is 4.67.